The van der Waals surface area contributed by atoms with E-state index in [1.807, 2.05) is 6.07 Å². The Bertz CT molecular complexity index is 1470. The van der Waals surface area contributed by atoms with Crippen molar-refractivity contribution in [2.75, 3.05) is 12.8 Å². The lowest BCUT2D eigenvalue weighted by Crippen LogP contribution is -2.31. The van der Waals surface area contributed by atoms with E-state index in [4.69, 9.17) is 10.5 Å². The number of rotatable bonds is 6. The van der Waals surface area contributed by atoms with Crippen LogP contribution < -0.4 is 9.86 Å². The van der Waals surface area contributed by atoms with Gasteiger partial charge in [0, 0.05) is 6.20 Å². The Morgan fingerprint density at radius 3 is 2.41 bits per heavy atom. The molecule has 0 radical (unpaired) electrons. The van der Waals surface area contributed by atoms with Gasteiger partial charge in [-0.25, -0.2) is 21.6 Å². The second-order valence-corrected chi connectivity index (χ2v) is 10.2. The van der Waals surface area contributed by atoms with E-state index < -0.39 is 30.9 Å². The lowest BCUT2D eigenvalue weighted by molar-refractivity contribution is 0.0593. The van der Waals surface area contributed by atoms with E-state index in [-0.39, 0.29) is 27.5 Å². The summed E-state index contributed by atoms with van der Waals surface area (Å²) in [5.41, 5.74) is 5.84. The van der Waals surface area contributed by atoms with Gasteiger partial charge in [0.15, 0.2) is 5.69 Å². The summed E-state index contributed by atoms with van der Waals surface area (Å²) in [5.74, 6) is -0.906. The molecule has 0 amide bonds. The average molecular weight is 475 g/mol. The lowest BCUT2D eigenvalue weighted by atomic mass is 10.2. The van der Waals surface area contributed by atoms with Crippen LogP contribution >= 0.6 is 0 Å². The molecule has 10 nitrogen and oxygen atoms in total. The van der Waals surface area contributed by atoms with Crippen LogP contribution in [0.4, 0.5) is 5.69 Å². The summed E-state index contributed by atoms with van der Waals surface area (Å²) in [6.45, 7) is 1.67. The molecule has 0 aliphatic carbocycles. The van der Waals surface area contributed by atoms with Crippen LogP contribution in [-0.4, -0.2) is 34.5 Å². The van der Waals surface area contributed by atoms with E-state index in [0.717, 1.165) is 17.7 Å². The SMILES string of the molecule is COC(=O)c1c(N)c(C#N)cn1-c1ccccc1S(=O)(=O)NS(=O)(=O)c1cccc(C)c1. The van der Waals surface area contributed by atoms with Crippen LogP contribution in [0.3, 0.4) is 0 Å². The maximum atomic E-state index is 13.1. The highest BCUT2D eigenvalue weighted by Crippen LogP contribution is 2.29. The number of nitrogen functional groups attached to an aromatic ring is 1. The van der Waals surface area contributed by atoms with Crippen molar-refractivity contribution < 1.29 is 26.4 Å². The molecule has 3 rings (SSSR count). The third-order valence-corrected chi connectivity index (χ3v) is 8.03. The molecule has 0 saturated heterocycles. The Hall–Kier alpha value is -3.66. The van der Waals surface area contributed by atoms with E-state index in [1.54, 1.807) is 17.1 Å². The maximum absolute atomic E-state index is 13.1. The molecular formula is C20H18N4O6S2. The van der Waals surface area contributed by atoms with Gasteiger partial charge in [-0.1, -0.05) is 24.3 Å². The van der Waals surface area contributed by atoms with Gasteiger partial charge >= 0.3 is 5.97 Å². The molecule has 0 fully saturated rings. The van der Waals surface area contributed by atoms with Crippen LogP contribution in [0.1, 0.15) is 21.6 Å². The van der Waals surface area contributed by atoms with Gasteiger partial charge in [0.1, 0.15) is 11.0 Å². The van der Waals surface area contributed by atoms with Gasteiger partial charge in [-0.05, 0) is 36.8 Å². The fraction of sp³-hybridized carbons (Fsp3) is 0.100. The van der Waals surface area contributed by atoms with E-state index in [2.05, 4.69) is 0 Å². The Morgan fingerprint density at radius 2 is 1.78 bits per heavy atom. The molecule has 32 heavy (non-hydrogen) atoms. The van der Waals surface area contributed by atoms with Crippen molar-refractivity contribution in [3.63, 3.8) is 0 Å². The number of anilines is 1. The number of para-hydroxylation sites is 1. The number of benzene rings is 2. The Labute approximate surface area is 185 Å². The first kappa shape index (κ1) is 23.0. The number of hydrogen-bond donors (Lipinski definition) is 2. The molecule has 0 saturated carbocycles. The van der Waals surface area contributed by atoms with Gasteiger partial charge in [-0.2, -0.15) is 5.26 Å². The minimum Gasteiger partial charge on any atom is -0.464 e. The van der Waals surface area contributed by atoms with Crippen molar-refractivity contribution in [3.05, 3.63) is 71.5 Å². The minimum absolute atomic E-state index is 0.0852. The third-order valence-electron chi connectivity index (χ3n) is 4.48. The highest BCUT2D eigenvalue weighted by Gasteiger charge is 2.29. The molecular weight excluding hydrogens is 456 g/mol. The molecule has 0 spiro atoms. The molecule has 3 aromatic rings. The standard InChI is InChI=1S/C20H18N4O6S2/c1-13-6-5-7-15(10-13)31(26,27)23-32(28,29)17-9-4-3-8-16(17)24-12-14(11-21)18(22)19(24)20(25)30-2/h3-10,12,23H,22H2,1-2H3. The summed E-state index contributed by atoms with van der Waals surface area (Å²) in [5, 5.41) is 9.28. The molecule has 1 heterocycles. The Kier molecular flexibility index (Phi) is 6.09. The zero-order valence-corrected chi connectivity index (χ0v) is 18.6. The highest BCUT2D eigenvalue weighted by atomic mass is 32.3. The molecule has 3 N–H and O–H groups in total. The van der Waals surface area contributed by atoms with E-state index >= 15 is 0 Å². The van der Waals surface area contributed by atoms with Crippen LogP contribution in [0.25, 0.3) is 5.69 Å². The number of aryl methyl sites for hydroxylation is 1. The second-order valence-electron chi connectivity index (χ2n) is 6.65. The quantitative estimate of drug-likeness (QED) is 0.510. The van der Waals surface area contributed by atoms with Gasteiger partial charge < -0.3 is 15.0 Å². The summed E-state index contributed by atoms with van der Waals surface area (Å²) < 4.78 is 59.1. The minimum atomic E-state index is -4.65. The van der Waals surface area contributed by atoms with Crippen molar-refractivity contribution in [2.24, 2.45) is 0 Å². The normalized spacial score (nSPS) is 11.7. The fourth-order valence-electron chi connectivity index (χ4n) is 3.01. The number of aromatic nitrogens is 1. The van der Waals surface area contributed by atoms with Crippen LogP contribution in [-0.2, 0) is 24.8 Å². The number of hydrogen-bond acceptors (Lipinski definition) is 8. The van der Waals surface area contributed by atoms with E-state index in [0.29, 0.717) is 5.56 Å². The first-order chi connectivity index (χ1) is 15.0. The van der Waals surface area contributed by atoms with Gasteiger partial charge in [-0.15, -0.1) is 4.13 Å². The van der Waals surface area contributed by atoms with Crippen molar-refractivity contribution in [1.82, 2.24) is 8.69 Å². The lowest BCUT2D eigenvalue weighted by Gasteiger charge is -2.14. The molecule has 2 aromatic carbocycles. The number of nitrogens with two attached hydrogens (primary N) is 1. The number of nitrogens with one attached hydrogen (secondary N) is 1. The fourth-order valence-corrected chi connectivity index (χ4v) is 6.21. The average Bonchev–Trinajstić information content (AvgIpc) is 3.08. The third kappa shape index (κ3) is 4.22. The smallest absolute Gasteiger partial charge is 0.357 e. The first-order valence-electron chi connectivity index (χ1n) is 8.95. The highest BCUT2D eigenvalue weighted by molar-refractivity contribution is 8.04. The van der Waals surface area contributed by atoms with Gasteiger partial charge in [0.05, 0.1) is 28.9 Å². The van der Waals surface area contributed by atoms with E-state index in [1.165, 1.54) is 42.6 Å². The summed E-state index contributed by atoms with van der Waals surface area (Å²) in [6, 6.07) is 12.9. The monoisotopic (exact) mass is 474 g/mol. The molecule has 0 atom stereocenters. The number of esters is 1. The molecule has 12 heteroatoms. The van der Waals surface area contributed by atoms with Crippen LogP contribution in [0.15, 0.2) is 64.5 Å². The van der Waals surface area contributed by atoms with Gasteiger partial charge in [0.2, 0.25) is 0 Å². The summed E-state index contributed by atoms with van der Waals surface area (Å²) in [6.07, 6.45) is 1.17. The predicted molar refractivity (Wildman–Crippen MR) is 115 cm³/mol. The van der Waals surface area contributed by atoms with Crippen LogP contribution in [0, 0.1) is 18.3 Å². The molecule has 0 unspecified atom stereocenters. The molecule has 0 aliphatic rings. The zero-order chi connectivity index (χ0) is 23.7. The van der Waals surface area contributed by atoms with Crippen molar-refractivity contribution in [1.29, 1.82) is 5.26 Å². The topological polar surface area (TPSA) is 161 Å². The van der Waals surface area contributed by atoms with Crippen LogP contribution in [0.2, 0.25) is 0 Å². The maximum Gasteiger partial charge on any atom is 0.357 e. The zero-order valence-electron chi connectivity index (χ0n) is 16.9. The largest absolute Gasteiger partial charge is 0.464 e. The number of nitrogens with zero attached hydrogens (tertiary/aromatic N) is 2. The predicted octanol–water partition coefficient (Wildman–Crippen LogP) is 1.69. The summed E-state index contributed by atoms with van der Waals surface area (Å²) in [4.78, 5) is 11.6. The van der Waals surface area contributed by atoms with Gasteiger partial charge in [-0.3, -0.25) is 0 Å². The molecule has 0 aliphatic heterocycles. The first-order valence-corrected chi connectivity index (χ1v) is 11.9. The number of carbonyl (C=O) groups is 1. The van der Waals surface area contributed by atoms with Crippen molar-refractivity contribution in [3.8, 4) is 11.8 Å². The Morgan fingerprint density at radius 1 is 1.09 bits per heavy atom. The molecule has 166 valence electrons. The number of methoxy groups -OCH3 is 1. The number of carbonyl (C=O) groups excluding carboxylic acids is 1. The molecule has 0 bridgehead atoms. The van der Waals surface area contributed by atoms with Crippen LogP contribution in [0.5, 0.6) is 0 Å². The Balaban J connectivity index is 2.18. The van der Waals surface area contributed by atoms with Gasteiger partial charge in [0.25, 0.3) is 20.0 Å². The summed E-state index contributed by atoms with van der Waals surface area (Å²) >= 11 is 0. The number of nitriles is 1. The number of sulfonamides is 2. The second kappa shape index (κ2) is 8.46. The number of ether oxygens (including phenoxy) is 1. The molecule has 1 aromatic heterocycles. The van der Waals surface area contributed by atoms with Crippen molar-refractivity contribution in [2.45, 2.75) is 16.7 Å². The van der Waals surface area contributed by atoms with E-state index in [9.17, 15) is 26.9 Å². The summed E-state index contributed by atoms with van der Waals surface area (Å²) in [7, 11) is -7.99. The van der Waals surface area contributed by atoms with Crippen molar-refractivity contribution >= 4 is 31.7 Å².